The Hall–Kier alpha value is -2.04. The van der Waals surface area contributed by atoms with Crippen molar-refractivity contribution in [2.75, 3.05) is 26.4 Å². The Labute approximate surface area is 404 Å². The molecule has 2 N–H and O–H groups in total. The lowest BCUT2D eigenvalue weighted by Gasteiger charge is -2.21. The van der Waals surface area contributed by atoms with E-state index in [4.69, 9.17) is 23.3 Å². The molecule has 0 aromatic carbocycles. The van der Waals surface area contributed by atoms with Crippen LogP contribution in [0.3, 0.4) is 0 Å². The van der Waals surface area contributed by atoms with Crippen LogP contribution < -0.4 is 0 Å². The molecule has 388 valence electrons. The van der Waals surface area contributed by atoms with Gasteiger partial charge in [0.15, 0.2) is 6.10 Å². The summed E-state index contributed by atoms with van der Waals surface area (Å²) >= 11 is 0. The number of ether oxygens (including phenoxy) is 3. The minimum absolute atomic E-state index is 0.165. The molecule has 11 nitrogen and oxygen atoms in total. The Morgan fingerprint density at radius 3 is 1.09 bits per heavy atom. The van der Waals surface area contributed by atoms with Gasteiger partial charge >= 0.3 is 25.7 Å². The zero-order valence-corrected chi connectivity index (χ0v) is 43.6. The number of phosphoric acid groups is 1. The summed E-state index contributed by atoms with van der Waals surface area (Å²) in [5, 5.41) is 9.77. The number of phosphoric ester groups is 1. The molecule has 66 heavy (non-hydrogen) atoms. The van der Waals surface area contributed by atoms with Crippen molar-refractivity contribution in [2.45, 2.75) is 277 Å². The van der Waals surface area contributed by atoms with Gasteiger partial charge in [0.05, 0.1) is 19.8 Å². The molecule has 3 atom stereocenters. The summed E-state index contributed by atoms with van der Waals surface area (Å²) in [6.45, 7) is 4.60. The van der Waals surface area contributed by atoms with Gasteiger partial charge in [0.2, 0.25) is 0 Å². The van der Waals surface area contributed by atoms with Crippen molar-refractivity contribution in [3.05, 3.63) is 24.3 Å². The summed E-state index contributed by atoms with van der Waals surface area (Å²) in [6, 6.07) is 0. The van der Waals surface area contributed by atoms with Crippen molar-refractivity contribution in [3.8, 4) is 0 Å². The zero-order chi connectivity index (χ0) is 48.4. The first-order valence-electron chi connectivity index (χ1n) is 27.2. The molecule has 0 bridgehead atoms. The molecule has 0 radical (unpaired) electrons. The molecule has 0 amide bonds. The number of aliphatic hydroxyl groups excluding tert-OH is 1. The lowest BCUT2D eigenvalue weighted by atomic mass is 10.1. The van der Waals surface area contributed by atoms with Crippen LogP contribution in [0.15, 0.2) is 24.3 Å². The molecule has 0 aromatic rings. The summed E-state index contributed by atoms with van der Waals surface area (Å²) in [7, 11) is -4.73. The van der Waals surface area contributed by atoms with E-state index >= 15 is 0 Å². The van der Waals surface area contributed by atoms with Gasteiger partial charge in [0.1, 0.15) is 12.7 Å². The van der Waals surface area contributed by atoms with Crippen molar-refractivity contribution in [1.82, 2.24) is 0 Å². The molecule has 0 aromatic heterocycles. The second-order valence-electron chi connectivity index (χ2n) is 18.4. The van der Waals surface area contributed by atoms with Crippen LogP contribution in [0.4, 0.5) is 0 Å². The minimum Gasteiger partial charge on any atom is -0.462 e. The number of carbonyl (C=O) groups excluding carboxylic acids is 3. The van der Waals surface area contributed by atoms with Crippen LogP contribution in [0, 0.1) is 0 Å². The van der Waals surface area contributed by atoms with Crippen molar-refractivity contribution in [1.29, 1.82) is 0 Å². The van der Waals surface area contributed by atoms with E-state index < -0.39 is 57.8 Å². The maximum Gasteiger partial charge on any atom is 0.472 e. The third-order valence-corrected chi connectivity index (χ3v) is 12.8. The summed E-state index contributed by atoms with van der Waals surface area (Å²) in [5.74, 6) is -1.46. The van der Waals surface area contributed by atoms with E-state index in [0.29, 0.717) is 19.3 Å². The predicted molar refractivity (Wildman–Crippen MR) is 270 cm³/mol. The molecule has 3 unspecified atom stereocenters. The average molecular weight is 957 g/mol. The molecule has 0 rings (SSSR count). The Kier molecular flexibility index (Phi) is 47.9. The maximum atomic E-state index is 12.9. The highest BCUT2D eigenvalue weighted by molar-refractivity contribution is 7.47. The first-order valence-corrected chi connectivity index (χ1v) is 28.7. The van der Waals surface area contributed by atoms with Gasteiger partial charge in [-0.05, 0) is 64.2 Å². The van der Waals surface area contributed by atoms with Crippen molar-refractivity contribution >= 4 is 25.7 Å². The fourth-order valence-electron chi connectivity index (χ4n) is 7.63. The van der Waals surface area contributed by atoms with Crippen molar-refractivity contribution in [2.24, 2.45) is 0 Å². The number of aliphatic hydroxyl groups is 1. The van der Waals surface area contributed by atoms with Crippen LogP contribution in [-0.4, -0.2) is 66.5 Å². The van der Waals surface area contributed by atoms with Gasteiger partial charge in [0, 0.05) is 19.3 Å². The van der Waals surface area contributed by atoms with Gasteiger partial charge in [-0.2, -0.15) is 0 Å². The molecule has 12 heteroatoms. The summed E-state index contributed by atoms with van der Waals surface area (Å²) in [4.78, 5) is 48.3. The molecule has 0 spiro atoms. The van der Waals surface area contributed by atoms with E-state index in [2.05, 4.69) is 45.1 Å². The Morgan fingerprint density at radius 2 is 0.712 bits per heavy atom. The zero-order valence-electron chi connectivity index (χ0n) is 42.7. The molecule has 0 aliphatic heterocycles. The van der Waals surface area contributed by atoms with E-state index in [-0.39, 0.29) is 25.9 Å². The fraction of sp³-hybridized carbons (Fsp3) is 0.870. The Bertz CT molecular complexity index is 1210. The quantitative estimate of drug-likeness (QED) is 0.0197. The molecule has 0 heterocycles. The van der Waals surface area contributed by atoms with E-state index in [9.17, 15) is 28.9 Å². The Morgan fingerprint density at radius 1 is 0.409 bits per heavy atom. The lowest BCUT2D eigenvalue weighted by Crippen LogP contribution is -2.30. The highest BCUT2D eigenvalue weighted by atomic mass is 31.2. The smallest absolute Gasteiger partial charge is 0.462 e. The summed E-state index contributed by atoms with van der Waals surface area (Å²) in [5.41, 5.74) is 0. The molecule has 0 saturated carbocycles. The molecule has 0 saturated heterocycles. The van der Waals surface area contributed by atoms with E-state index in [1.165, 1.54) is 122 Å². The first-order chi connectivity index (χ1) is 32.2. The first kappa shape index (κ1) is 64.0. The standard InChI is InChI=1S/C54H101O11P/c1-4-7-10-13-16-19-22-23-24-25-26-27-30-33-36-39-42-45-54(58)65-51(47-61-52(56)43-40-37-34-31-28-20-17-14-11-8-5-2)49-63-66(59,60)62-48-50(46-55)64-53(57)44-41-38-35-32-29-21-18-15-12-9-6-3/h14,17,23-24,50-51,55H,4-13,15-16,18-22,25-49H2,1-3H3,(H,59,60)/b17-14-,24-23-. The third kappa shape index (κ3) is 47.0. The van der Waals surface area contributed by atoms with Crippen LogP contribution in [0.5, 0.6) is 0 Å². The predicted octanol–water partition coefficient (Wildman–Crippen LogP) is 15.5. The lowest BCUT2D eigenvalue weighted by molar-refractivity contribution is -0.161. The second-order valence-corrected chi connectivity index (χ2v) is 19.8. The van der Waals surface area contributed by atoms with E-state index in [1.54, 1.807) is 0 Å². The van der Waals surface area contributed by atoms with E-state index in [1.807, 2.05) is 0 Å². The fourth-order valence-corrected chi connectivity index (χ4v) is 8.41. The van der Waals surface area contributed by atoms with Gasteiger partial charge in [0.25, 0.3) is 0 Å². The third-order valence-electron chi connectivity index (χ3n) is 11.8. The monoisotopic (exact) mass is 957 g/mol. The van der Waals surface area contributed by atoms with Crippen LogP contribution >= 0.6 is 7.82 Å². The van der Waals surface area contributed by atoms with E-state index in [0.717, 1.165) is 83.5 Å². The molecular formula is C54H101O11P. The molecule has 0 aliphatic carbocycles. The van der Waals surface area contributed by atoms with Gasteiger partial charge in [-0.1, -0.05) is 206 Å². The number of carbonyl (C=O) groups is 3. The number of unbranched alkanes of at least 4 members (excludes halogenated alkanes) is 30. The van der Waals surface area contributed by atoms with Crippen LogP contribution in [0.2, 0.25) is 0 Å². The van der Waals surface area contributed by atoms with Crippen molar-refractivity contribution < 1.29 is 52.2 Å². The highest BCUT2D eigenvalue weighted by Gasteiger charge is 2.28. The van der Waals surface area contributed by atoms with Crippen LogP contribution in [-0.2, 0) is 42.2 Å². The number of hydrogen-bond donors (Lipinski definition) is 2. The largest absolute Gasteiger partial charge is 0.472 e. The number of rotatable bonds is 51. The second kappa shape index (κ2) is 49.4. The van der Waals surface area contributed by atoms with Crippen LogP contribution in [0.25, 0.3) is 0 Å². The van der Waals surface area contributed by atoms with Gasteiger partial charge < -0.3 is 24.2 Å². The van der Waals surface area contributed by atoms with Gasteiger partial charge in [-0.25, -0.2) is 4.57 Å². The number of allylic oxidation sites excluding steroid dienone is 4. The Balaban J connectivity index is 4.70. The normalized spacial score (nSPS) is 13.6. The van der Waals surface area contributed by atoms with Crippen molar-refractivity contribution in [3.63, 3.8) is 0 Å². The SMILES string of the molecule is CCCC/C=C\CCCCCCCC(=O)OCC(COP(=O)(O)OCC(CO)OC(=O)CCCCCCCCCCCCC)OC(=O)CCCCCCCCC/C=C\CCCCCCCC. The maximum absolute atomic E-state index is 12.9. The summed E-state index contributed by atoms with van der Waals surface area (Å²) < 4.78 is 39.4. The number of esters is 3. The van der Waals surface area contributed by atoms with Gasteiger partial charge in [-0.3, -0.25) is 23.4 Å². The molecule has 0 aliphatic rings. The van der Waals surface area contributed by atoms with Crippen LogP contribution in [0.1, 0.15) is 265 Å². The minimum atomic E-state index is -4.73. The summed E-state index contributed by atoms with van der Waals surface area (Å²) in [6.07, 6.45) is 47.1. The molecule has 0 fully saturated rings. The number of hydrogen-bond acceptors (Lipinski definition) is 10. The van der Waals surface area contributed by atoms with Gasteiger partial charge in [-0.15, -0.1) is 0 Å². The topological polar surface area (TPSA) is 155 Å². The molecular weight excluding hydrogens is 856 g/mol. The average Bonchev–Trinajstić information content (AvgIpc) is 3.30. The highest BCUT2D eigenvalue weighted by Crippen LogP contribution is 2.43.